The number of piperazine rings is 2. The van der Waals surface area contributed by atoms with E-state index in [0.29, 0.717) is 99.1 Å². The number of rotatable bonds is 8. The van der Waals surface area contributed by atoms with Crippen molar-refractivity contribution in [2.75, 3.05) is 67.6 Å². The van der Waals surface area contributed by atoms with Gasteiger partial charge in [0.2, 0.25) is 0 Å². The number of carbonyl (C=O) groups excluding carboxylic acids is 3. The van der Waals surface area contributed by atoms with Gasteiger partial charge in [0, 0.05) is 72.8 Å². The Balaban J connectivity index is 0.000000284. The molecule has 2 aromatic heterocycles. The molecule has 0 radical (unpaired) electrons. The maximum atomic E-state index is 13.3. The van der Waals surface area contributed by atoms with E-state index in [4.69, 9.17) is 62.6 Å². The Morgan fingerprint density at radius 3 is 1.35 bits per heavy atom. The second-order valence-electron chi connectivity index (χ2n) is 15.1. The molecule has 2 saturated heterocycles. The predicted molar refractivity (Wildman–Crippen MR) is 259 cm³/mol. The minimum atomic E-state index is -1.08. The van der Waals surface area contributed by atoms with Crippen LogP contribution in [0.5, 0.6) is 0 Å². The topological polar surface area (TPSA) is 250 Å². The van der Waals surface area contributed by atoms with Crippen LogP contribution in [0.3, 0.4) is 0 Å². The second kappa shape index (κ2) is 24.3. The SMILES string of the molecule is COC(=O)c1cccc(C(=O)N2CCN(c3ncc(Cl)cc3N)C(c3ccc(Cl)cc3)C2)c1.Nc1cc(Cl)cnc1N1CCN(C(=O)c2cccc(C(=O)O)c2)CC1c1ccc(Cl)cc1.O.[Li+].[OH-]. The largest absolute Gasteiger partial charge is 1.00 e. The molecule has 2 aliphatic heterocycles. The Morgan fingerprint density at radius 2 is 0.971 bits per heavy atom. The number of methoxy groups -OCH3 is 1. The number of halogens is 4. The van der Waals surface area contributed by atoms with Gasteiger partial charge in [-0.2, -0.15) is 0 Å². The molecule has 0 saturated carbocycles. The van der Waals surface area contributed by atoms with Crippen molar-refractivity contribution in [1.82, 2.24) is 19.8 Å². The number of nitrogens with two attached hydrogens (primary N) is 2. The average Bonchev–Trinajstić information content (AvgIpc) is 3.31. The molecule has 2 fully saturated rings. The normalized spacial score (nSPS) is 15.3. The van der Waals surface area contributed by atoms with Crippen molar-refractivity contribution in [1.29, 1.82) is 0 Å². The number of nitrogens with zero attached hydrogens (tertiary/aromatic N) is 6. The van der Waals surface area contributed by atoms with Crippen LogP contribution in [-0.2, 0) is 4.74 Å². The summed E-state index contributed by atoms with van der Waals surface area (Å²) in [6, 6.07) is 30.4. The predicted octanol–water partition coefficient (Wildman–Crippen LogP) is 4.84. The summed E-state index contributed by atoms with van der Waals surface area (Å²) in [5.41, 5.74) is 16.4. The number of anilines is 4. The van der Waals surface area contributed by atoms with Crippen LogP contribution in [-0.4, -0.2) is 106 Å². The molecule has 16 nitrogen and oxygen atoms in total. The quantitative estimate of drug-likeness (QED) is 0.137. The zero-order valence-electron chi connectivity index (χ0n) is 36.7. The number of pyridine rings is 2. The van der Waals surface area contributed by atoms with Gasteiger partial charge in [0.25, 0.3) is 11.8 Å². The number of esters is 1. The fourth-order valence-corrected chi connectivity index (χ4v) is 8.39. The first-order chi connectivity index (χ1) is 31.2. The van der Waals surface area contributed by atoms with Gasteiger partial charge in [-0.3, -0.25) is 9.59 Å². The van der Waals surface area contributed by atoms with Crippen molar-refractivity contribution in [3.8, 4) is 0 Å². The Kier molecular flexibility index (Phi) is 19.5. The van der Waals surface area contributed by atoms with E-state index < -0.39 is 11.9 Å². The van der Waals surface area contributed by atoms with Gasteiger partial charge in [-0.1, -0.05) is 82.8 Å². The molecule has 2 unspecified atom stereocenters. The van der Waals surface area contributed by atoms with Crippen molar-refractivity contribution in [3.05, 3.63) is 175 Å². The maximum Gasteiger partial charge on any atom is 1.00 e. The summed E-state index contributed by atoms with van der Waals surface area (Å²) >= 11 is 24.2. The van der Waals surface area contributed by atoms with Gasteiger partial charge in [0.15, 0.2) is 11.6 Å². The summed E-state index contributed by atoms with van der Waals surface area (Å²) in [5, 5.41) is 11.4. The summed E-state index contributed by atoms with van der Waals surface area (Å²) < 4.78 is 4.77. The minimum Gasteiger partial charge on any atom is -0.870 e. The van der Waals surface area contributed by atoms with Crippen molar-refractivity contribution in [2.24, 2.45) is 0 Å². The van der Waals surface area contributed by atoms with E-state index in [-0.39, 0.29) is 59.3 Å². The zero-order chi connectivity index (χ0) is 46.4. The minimum absolute atomic E-state index is 0. The first-order valence-corrected chi connectivity index (χ1v) is 21.7. The molecule has 350 valence electrons. The number of amides is 2. The standard InChI is InChI=1S/C24H22Cl2N4O3.C23H20Cl2N4O3.Li.2H2O/c1-33-24(32)17-4-2-3-16(11-17)23(31)29-9-10-30(22-20(27)12-19(26)13-28-22)21(14-29)15-5-7-18(25)8-6-15;24-17-6-4-14(5-7-17)20-13-28(22(30)15-2-1-3-16(10-15)23(31)32)8-9-29(20)21-19(26)11-18(25)12-27-21;;;/h2-8,11-13,21H,9-10,14,27H2,1H3;1-7,10-12,20H,8-9,13,26H2,(H,31,32);;2*1H2/q;;+1;;/p-1. The van der Waals surface area contributed by atoms with Gasteiger partial charge in [-0.15, -0.1) is 0 Å². The van der Waals surface area contributed by atoms with E-state index in [1.165, 1.54) is 19.2 Å². The van der Waals surface area contributed by atoms with E-state index in [9.17, 15) is 24.3 Å². The molecule has 0 spiro atoms. The van der Waals surface area contributed by atoms with Gasteiger partial charge in [-0.05, 0) is 83.9 Å². The van der Waals surface area contributed by atoms with E-state index in [1.54, 1.807) is 82.9 Å². The van der Waals surface area contributed by atoms with E-state index >= 15 is 0 Å². The van der Waals surface area contributed by atoms with Gasteiger partial charge in [-0.25, -0.2) is 19.6 Å². The monoisotopic (exact) mass is 996 g/mol. The number of aromatic nitrogens is 2. The molecule has 0 aliphatic carbocycles. The van der Waals surface area contributed by atoms with Crippen LogP contribution in [0, 0.1) is 0 Å². The fourth-order valence-electron chi connectivity index (χ4n) is 7.81. The maximum absolute atomic E-state index is 13.3. The number of hydrogen-bond acceptors (Lipinski definition) is 12. The molecule has 0 bridgehead atoms. The Bertz CT molecular complexity index is 2740. The average molecular weight is 999 g/mol. The third kappa shape index (κ3) is 12.7. The van der Waals surface area contributed by atoms with Crippen LogP contribution in [0.2, 0.25) is 20.1 Å². The molecule has 2 aliphatic rings. The number of carbonyl (C=O) groups is 4. The van der Waals surface area contributed by atoms with Gasteiger partial charge >= 0.3 is 30.8 Å². The van der Waals surface area contributed by atoms with Crippen molar-refractivity contribution < 1.29 is 58.8 Å². The van der Waals surface area contributed by atoms with Crippen LogP contribution in [0.1, 0.15) is 64.6 Å². The number of carboxylic acid groups (broad SMARTS) is 1. The third-order valence-corrected chi connectivity index (χ3v) is 11.9. The van der Waals surface area contributed by atoms with Crippen LogP contribution in [0.15, 0.2) is 122 Å². The van der Waals surface area contributed by atoms with Gasteiger partial charge in [0.1, 0.15) is 0 Å². The van der Waals surface area contributed by atoms with Crippen molar-refractivity contribution >= 4 is 93.2 Å². The smallest absolute Gasteiger partial charge is 0.870 e. The molecule has 21 heteroatoms. The number of hydrogen-bond donors (Lipinski definition) is 3. The Hall–Kier alpha value is -6.06. The van der Waals surface area contributed by atoms with Gasteiger partial charge in [0.05, 0.1) is 51.7 Å². The molecule has 8 N–H and O–H groups in total. The van der Waals surface area contributed by atoms with Crippen molar-refractivity contribution in [2.45, 2.75) is 12.1 Å². The summed E-state index contributed by atoms with van der Waals surface area (Å²) in [7, 11) is 1.31. The van der Waals surface area contributed by atoms with Crippen molar-refractivity contribution in [3.63, 3.8) is 0 Å². The number of aromatic carboxylic acids is 1. The zero-order valence-corrected chi connectivity index (χ0v) is 39.8. The molecule has 68 heavy (non-hydrogen) atoms. The Labute approximate surface area is 424 Å². The molecule has 2 atom stereocenters. The molecule has 4 heterocycles. The van der Waals surface area contributed by atoms with E-state index in [1.807, 2.05) is 41.3 Å². The van der Waals surface area contributed by atoms with Crippen LogP contribution < -0.4 is 40.1 Å². The number of carboxylic acids is 1. The summed E-state index contributed by atoms with van der Waals surface area (Å²) in [5.74, 6) is -0.765. The van der Waals surface area contributed by atoms with Crippen LogP contribution in [0.4, 0.5) is 23.0 Å². The molecule has 4 aromatic carbocycles. The van der Waals surface area contributed by atoms with E-state index in [0.717, 1.165) is 11.1 Å². The molecule has 2 amide bonds. The Morgan fingerprint density at radius 1 is 0.588 bits per heavy atom. The first kappa shape index (κ1) is 54.5. The van der Waals surface area contributed by atoms with Crippen LogP contribution >= 0.6 is 46.4 Å². The second-order valence-corrected chi connectivity index (χ2v) is 16.9. The molecular formula is C47H45Cl4LiN8O8. The first-order valence-electron chi connectivity index (χ1n) is 20.2. The molecule has 6 aromatic rings. The molecule has 8 rings (SSSR count). The van der Waals surface area contributed by atoms with Gasteiger partial charge < -0.3 is 51.9 Å². The third-order valence-electron chi connectivity index (χ3n) is 11.0. The van der Waals surface area contributed by atoms with E-state index in [2.05, 4.69) is 14.9 Å². The molecular weight excluding hydrogens is 953 g/mol. The number of ether oxygens (including phenoxy) is 1. The van der Waals surface area contributed by atoms with Crippen LogP contribution in [0.25, 0.3) is 0 Å². The summed E-state index contributed by atoms with van der Waals surface area (Å²) in [6.07, 6.45) is 3.10. The summed E-state index contributed by atoms with van der Waals surface area (Å²) in [4.78, 5) is 66.2. The fraction of sp³-hybridized carbons (Fsp3) is 0.191. The number of nitrogen functional groups attached to an aromatic ring is 2. The number of benzene rings is 4. The summed E-state index contributed by atoms with van der Waals surface area (Å²) in [6.45, 7) is 2.62.